The monoisotopic (exact) mass is 270 g/mol. The van der Waals surface area contributed by atoms with Gasteiger partial charge < -0.3 is 5.11 Å². The molecule has 0 aromatic rings. The molecule has 0 aliphatic rings. The van der Waals surface area contributed by atoms with Gasteiger partial charge in [-0.05, 0) is 12.8 Å². The predicted octanol–water partition coefficient (Wildman–Crippen LogP) is 2.71. The van der Waals surface area contributed by atoms with Gasteiger partial charge in [0.2, 0.25) is 6.36 Å². The van der Waals surface area contributed by atoms with E-state index in [9.17, 15) is 30.7 Å². The van der Waals surface area contributed by atoms with Crippen LogP contribution in [0.2, 0.25) is 0 Å². The van der Waals surface area contributed by atoms with Gasteiger partial charge in [-0.1, -0.05) is 0 Å². The first-order valence-corrected chi connectivity index (χ1v) is 4.91. The molecule has 0 bridgehead atoms. The minimum atomic E-state index is -3.33. The molecule has 0 aromatic heterocycles. The summed E-state index contributed by atoms with van der Waals surface area (Å²) in [6, 6.07) is 0. The lowest BCUT2D eigenvalue weighted by molar-refractivity contribution is -0.0873. The Kier molecular flexibility index (Phi) is 7.49. The Hall–Kier alpha value is -0.530. The maximum absolute atomic E-state index is 12.9. The van der Waals surface area contributed by atoms with Crippen LogP contribution >= 0.6 is 0 Å². The van der Waals surface area contributed by atoms with Crippen LogP contribution in [0, 0.1) is 0 Å². The Morgan fingerprint density at radius 2 is 1.24 bits per heavy atom. The summed E-state index contributed by atoms with van der Waals surface area (Å²) in [5.41, 5.74) is 0. The molecule has 17 heavy (non-hydrogen) atoms. The van der Waals surface area contributed by atoms with Crippen LogP contribution in [-0.4, -0.2) is 49.0 Å². The molecule has 0 aromatic carbocycles. The van der Waals surface area contributed by atoms with Crippen LogP contribution in [0.1, 0.15) is 12.8 Å². The molecule has 0 aliphatic heterocycles. The van der Waals surface area contributed by atoms with Crippen LogP contribution in [0.5, 0.6) is 0 Å². The van der Waals surface area contributed by atoms with Crippen LogP contribution in [-0.2, 0) is 0 Å². The largest absolute Gasteiger partial charge is 0.362 e. The standard InChI is InChI=1S/C9H13F7O/c10-3-1-2-4(11)5(12)6(13)7(14)8(15)9(16)17/h4-9,17H,1-3H2. The smallest absolute Gasteiger partial charge is 0.231 e. The number of alkyl halides is 7. The summed E-state index contributed by atoms with van der Waals surface area (Å²) in [6.45, 7) is -0.960. The van der Waals surface area contributed by atoms with E-state index in [-0.39, 0.29) is 0 Å². The van der Waals surface area contributed by atoms with Crippen molar-refractivity contribution in [3.05, 3.63) is 0 Å². The number of hydrogen-bond donors (Lipinski definition) is 1. The SMILES string of the molecule is OC(F)C(F)C(F)C(F)C(F)C(F)CCCF. The quantitative estimate of drug-likeness (QED) is 0.672. The molecule has 0 amide bonds. The van der Waals surface area contributed by atoms with Crippen LogP contribution in [0.3, 0.4) is 0 Å². The molecule has 1 nitrogen and oxygen atoms in total. The van der Waals surface area contributed by atoms with E-state index in [2.05, 4.69) is 0 Å². The Labute approximate surface area is 93.6 Å². The molecule has 0 heterocycles. The van der Waals surface area contributed by atoms with Gasteiger partial charge in [-0.2, -0.15) is 0 Å². The van der Waals surface area contributed by atoms with Gasteiger partial charge in [-0.25, -0.2) is 26.3 Å². The first kappa shape index (κ1) is 16.5. The minimum Gasteiger partial charge on any atom is -0.362 e. The summed E-state index contributed by atoms with van der Waals surface area (Å²) < 4.78 is 87.3. The molecule has 1 N–H and O–H groups in total. The van der Waals surface area contributed by atoms with Gasteiger partial charge in [0.05, 0.1) is 6.67 Å². The van der Waals surface area contributed by atoms with E-state index in [1.807, 2.05) is 0 Å². The molecule has 0 aliphatic carbocycles. The fourth-order valence-electron chi connectivity index (χ4n) is 1.13. The normalized spacial score (nSPS) is 22.6. The molecule has 6 atom stereocenters. The number of halogens is 7. The highest BCUT2D eigenvalue weighted by Gasteiger charge is 2.42. The third-order valence-electron chi connectivity index (χ3n) is 2.13. The van der Waals surface area contributed by atoms with E-state index in [0.29, 0.717) is 0 Å². The Balaban J connectivity index is 4.32. The van der Waals surface area contributed by atoms with Gasteiger partial charge in [0.25, 0.3) is 0 Å². The molecule has 6 unspecified atom stereocenters. The number of aliphatic hydroxyl groups excluding tert-OH is 1. The van der Waals surface area contributed by atoms with Crippen LogP contribution < -0.4 is 0 Å². The molecular weight excluding hydrogens is 257 g/mol. The summed E-state index contributed by atoms with van der Waals surface area (Å²) in [5.74, 6) is 0. The van der Waals surface area contributed by atoms with E-state index < -0.39 is 56.7 Å². The summed E-state index contributed by atoms with van der Waals surface area (Å²) in [5, 5.41) is 7.99. The van der Waals surface area contributed by atoms with Crippen molar-refractivity contribution in [2.45, 2.75) is 50.1 Å². The van der Waals surface area contributed by atoms with E-state index in [4.69, 9.17) is 5.11 Å². The van der Waals surface area contributed by atoms with Gasteiger partial charge in [-0.15, -0.1) is 0 Å². The van der Waals surface area contributed by atoms with Gasteiger partial charge >= 0.3 is 0 Å². The molecule has 0 rings (SSSR count). The second kappa shape index (κ2) is 7.73. The van der Waals surface area contributed by atoms with Gasteiger partial charge in [0, 0.05) is 0 Å². The van der Waals surface area contributed by atoms with Crippen molar-refractivity contribution in [2.75, 3.05) is 6.67 Å². The zero-order valence-corrected chi connectivity index (χ0v) is 8.68. The number of rotatable bonds is 8. The first-order valence-electron chi connectivity index (χ1n) is 4.91. The predicted molar refractivity (Wildman–Crippen MR) is 46.8 cm³/mol. The maximum Gasteiger partial charge on any atom is 0.231 e. The summed E-state index contributed by atoms with van der Waals surface area (Å²) in [4.78, 5) is 0. The Morgan fingerprint density at radius 1 is 0.765 bits per heavy atom. The second-order valence-corrected chi connectivity index (χ2v) is 3.50. The highest BCUT2D eigenvalue weighted by Crippen LogP contribution is 2.24. The van der Waals surface area contributed by atoms with Crippen molar-refractivity contribution in [3.63, 3.8) is 0 Å². The molecule has 104 valence electrons. The third kappa shape index (κ3) is 5.10. The van der Waals surface area contributed by atoms with Gasteiger partial charge in [0.1, 0.15) is 6.17 Å². The van der Waals surface area contributed by atoms with Crippen molar-refractivity contribution in [1.29, 1.82) is 0 Å². The highest BCUT2D eigenvalue weighted by molar-refractivity contribution is 4.87. The van der Waals surface area contributed by atoms with E-state index in [0.717, 1.165) is 0 Å². The molecule has 0 saturated carbocycles. The summed E-state index contributed by atoms with van der Waals surface area (Å²) in [6.07, 6.45) is -19.8. The molecule has 0 fully saturated rings. The molecule has 8 heteroatoms. The zero-order chi connectivity index (χ0) is 13.6. The second-order valence-electron chi connectivity index (χ2n) is 3.50. The number of hydrogen-bond acceptors (Lipinski definition) is 1. The minimum absolute atomic E-state index is 0.393. The Bertz CT molecular complexity index is 204. The van der Waals surface area contributed by atoms with Crippen molar-refractivity contribution < 1.29 is 35.8 Å². The maximum atomic E-state index is 12.9. The van der Waals surface area contributed by atoms with Crippen molar-refractivity contribution >= 4 is 0 Å². The lowest BCUT2D eigenvalue weighted by Crippen LogP contribution is -2.42. The molecule has 0 saturated heterocycles. The lowest BCUT2D eigenvalue weighted by atomic mass is 10.0. The highest BCUT2D eigenvalue weighted by atomic mass is 19.2. The van der Waals surface area contributed by atoms with Crippen LogP contribution in [0.4, 0.5) is 30.7 Å². The summed E-state index contributed by atoms with van der Waals surface area (Å²) in [7, 11) is 0. The fraction of sp³-hybridized carbons (Fsp3) is 1.00. The van der Waals surface area contributed by atoms with E-state index in [1.54, 1.807) is 0 Å². The van der Waals surface area contributed by atoms with Crippen molar-refractivity contribution in [2.24, 2.45) is 0 Å². The van der Waals surface area contributed by atoms with Gasteiger partial charge in [0.15, 0.2) is 24.7 Å². The van der Waals surface area contributed by atoms with Gasteiger partial charge in [-0.3, -0.25) is 4.39 Å². The fourth-order valence-corrected chi connectivity index (χ4v) is 1.13. The van der Waals surface area contributed by atoms with Crippen LogP contribution in [0.15, 0.2) is 0 Å². The average molecular weight is 270 g/mol. The third-order valence-corrected chi connectivity index (χ3v) is 2.13. The average Bonchev–Trinajstić information content (AvgIpc) is 2.31. The molecular formula is C9H13F7O. The number of aliphatic hydroxyl groups is 1. The topological polar surface area (TPSA) is 20.2 Å². The van der Waals surface area contributed by atoms with E-state index >= 15 is 0 Å². The van der Waals surface area contributed by atoms with Crippen molar-refractivity contribution in [1.82, 2.24) is 0 Å². The van der Waals surface area contributed by atoms with E-state index in [1.165, 1.54) is 0 Å². The summed E-state index contributed by atoms with van der Waals surface area (Å²) >= 11 is 0. The van der Waals surface area contributed by atoms with Crippen LogP contribution in [0.25, 0.3) is 0 Å². The van der Waals surface area contributed by atoms with Crippen molar-refractivity contribution in [3.8, 4) is 0 Å². The molecule has 0 radical (unpaired) electrons. The lowest BCUT2D eigenvalue weighted by Gasteiger charge is -2.22. The molecule has 0 spiro atoms. The first-order chi connectivity index (χ1) is 7.82. The Morgan fingerprint density at radius 3 is 1.65 bits per heavy atom. The zero-order valence-electron chi connectivity index (χ0n) is 8.68.